The number of hydrogen-bond acceptors (Lipinski definition) is 7. The van der Waals surface area contributed by atoms with Crippen molar-refractivity contribution in [3.05, 3.63) is 36.0 Å². The number of anilines is 1. The summed E-state index contributed by atoms with van der Waals surface area (Å²) in [6.07, 6.45) is 5.00. The molecule has 0 saturated carbocycles. The Morgan fingerprint density at radius 1 is 1.36 bits per heavy atom. The van der Waals surface area contributed by atoms with E-state index >= 15 is 0 Å². The van der Waals surface area contributed by atoms with E-state index in [0.29, 0.717) is 48.7 Å². The molecule has 0 aromatic carbocycles. The molecule has 0 amide bonds. The Bertz CT molecular complexity index is 931. The molecule has 1 saturated heterocycles. The predicted octanol–water partition coefficient (Wildman–Crippen LogP) is 2.59. The summed E-state index contributed by atoms with van der Waals surface area (Å²) in [5.41, 5.74) is 1.60. The van der Waals surface area contributed by atoms with E-state index in [1.807, 2.05) is 11.0 Å². The Morgan fingerprint density at radius 2 is 2.07 bits per heavy atom. The summed E-state index contributed by atoms with van der Waals surface area (Å²) in [5.74, 6) is -0.435. The fourth-order valence-electron chi connectivity index (χ4n) is 3.37. The molecule has 144 valence electrons. The van der Waals surface area contributed by atoms with Crippen molar-refractivity contribution >= 4 is 17.9 Å². The van der Waals surface area contributed by atoms with E-state index in [9.17, 15) is 14.8 Å². The van der Waals surface area contributed by atoms with Crippen LogP contribution in [0.2, 0.25) is 0 Å². The molecule has 0 aliphatic carbocycles. The summed E-state index contributed by atoms with van der Waals surface area (Å²) in [4.78, 5) is 11.4. The lowest BCUT2D eigenvalue weighted by molar-refractivity contribution is 0.463. The maximum absolute atomic E-state index is 13.2. The number of aromatic hydroxyl groups is 1. The van der Waals surface area contributed by atoms with Crippen molar-refractivity contribution in [1.82, 2.24) is 14.9 Å². The minimum Gasteiger partial charge on any atom is -0.505 e. The molecule has 0 spiro atoms. The number of aromatic nitrogens is 2. The maximum Gasteiger partial charge on any atom is 0.212 e. The molecular formula is C19H20FN7O. The average Bonchev–Trinajstić information content (AvgIpc) is 2.73. The summed E-state index contributed by atoms with van der Waals surface area (Å²) in [6, 6.07) is 4.80. The first-order valence-electron chi connectivity index (χ1n) is 8.77. The van der Waals surface area contributed by atoms with Crippen molar-refractivity contribution in [2.45, 2.75) is 12.8 Å². The summed E-state index contributed by atoms with van der Waals surface area (Å²) in [7, 11) is 1.67. The SMILES string of the molecule is CN(C=N)C(=N)C1CCN(c2c(-c3ccc(F)nc3)ncc(O)c2C#N)CC1. The molecule has 28 heavy (non-hydrogen) atoms. The highest BCUT2D eigenvalue weighted by molar-refractivity contribution is 5.90. The van der Waals surface area contributed by atoms with Gasteiger partial charge in [0.2, 0.25) is 5.95 Å². The molecule has 2 aromatic heterocycles. The molecule has 0 radical (unpaired) electrons. The standard InChI is InChI=1S/C19H20FN7O/c1-26(11-22)19(23)12-4-6-27(7-5-12)18-14(8-21)15(28)10-25-17(18)13-2-3-16(20)24-9-13/h2-3,9-12,22-23,28H,4-7H2,1H3. The first-order valence-corrected chi connectivity index (χ1v) is 8.77. The number of piperidine rings is 1. The van der Waals surface area contributed by atoms with Crippen molar-refractivity contribution in [3.8, 4) is 23.1 Å². The first-order chi connectivity index (χ1) is 13.5. The van der Waals surface area contributed by atoms with Crippen molar-refractivity contribution in [2.24, 2.45) is 5.92 Å². The molecule has 1 aliphatic heterocycles. The van der Waals surface area contributed by atoms with E-state index in [1.54, 1.807) is 7.05 Å². The van der Waals surface area contributed by atoms with Crippen LogP contribution in [0.1, 0.15) is 18.4 Å². The zero-order valence-electron chi connectivity index (χ0n) is 15.4. The number of pyridine rings is 2. The second-order valence-corrected chi connectivity index (χ2v) is 6.58. The molecule has 0 bridgehead atoms. The summed E-state index contributed by atoms with van der Waals surface area (Å²) in [5, 5.41) is 35.2. The lowest BCUT2D eigenvalue weighted by Gasteiger charge is -2.36. The highest BCUT2D eigenvalue weighted by atomic mass is 19.1. The van der Waals surface area contributed by atoms with Gasteiger partial charge in [0.25, 0.3) is 0 Å². The Labute approximate surface area is 161 Å². The molecule has 0 unspecified atom stereocenters. The summed E-state index contributed by atoms with van der Waals surface area (Å²) in [6.45, 7) is 1.11. The molecule has 8 nitrogen and oxygen atoms in total. The molecule has 1 fully saturated rings. The minimum atomic E-state index is -0.612. The summed E-state index contributed by atoms with van der Waals surface area (Å²) < 4.78 is 13.2. The van der Waals surface area contributed by atoms with Gasteiger partial charge >= 0.3 is 0 Å². The zero-order chi connectivity index (χ0) is 20.3. The van der Waals surface area contributed by atoms with Crippen LogP contribution in [0.25, 0.3) is 11.3 Å². The van der Waals surface area contributed by atoms with E-state index < -0.39 is 5.95 Å². The monoisotopic (exact) mass is 381 g/mol. The number of nitrogens with one attached hydrogen (secondary N) is 2. The van der Waals surface area contributed by atoms with E-state index in [0.717, 1.165) is 6.34 Å². The fourth-order valence-corrected chi connectivity index (χ4v) is 3.37. The Hall–Kier alpha value is -3.54. The van der Waals surface area contributed by atoms with Gasteiger partial charge in [-0.3, -0.25) is 15.8 Å². The fraction of sp³-hybridized carbons (Fsp3) is 0.316. The molecule has 1 aliphatic rings. The minimum absolute atomic E-state index is 0.00888. The third-order valence-electron chi connectivity index (χ3n) is 4.92. The van der Waals surface area contributed by atoms with Gasteiger partial charge in [-0.05, 0) is 25.0 Å². The van der Waals surface area contributed by atoms with Crippen molar-refractivity contribution in [3.63, 3.8) is 0 Å². The van der Waals surface area contributed by atoms with E-state index in [-0.39, 0.29) is 17.2 Å². The molecule has 3 heterocycles. The Morgan fingerprint density at radius 3 is 2.64 bits per heavy atom. The van der Waals surface area contributed by atoms with E-state index in [2.05, 4.69) is 9.97 Å². The van der Waals surface area contributed by atoms with Crippen LogP contribution in [0.15, 0.2) is 24.5 Å². The number of rotatable bonds is 4. The van der Waals surface area contributed by atoms with Gasteiger partial charge in [-0.15, -0.1) is 0 Å². The predicted molar refractivity (Wildman–Crippen MR) is 103 cm³/mol. The van der Waals surface area contributed by atoms with Crippen LogP contribution in [0.5, 0.6) is 5.75 Å². The lowest BCUT2D eigenvalue weighted by atomic mass is 9.93. The van der Waals surface area contributed by atoms with Crippen LogP contribution in [0, 0.1) is 34.0 Å². The number of halogens is 1. The first kappa shape index (κ1) is 19.2. The Kier molecular flexibility index (Phi) is 5.49. The highest BCUT2D eigenvalue weighted by Gasteiger charge is 2.28. The molecule has 3 N–H and O–H groups in total. The average molecular weight is 381 g/mol. The van der Waals surface area contributed by atoms with Crippen LogP contribution in [-0.2, 0) is 0 Å². The zero-order valence-corrected chi connectivity index (χ0v) is 15.4. The van der Waals surface area contributed by atoms with Gasteiger partial charge in [0.05, 0.1) is 23.9 Å². The number of nitrogens with zero attached hydrogens (tertiary/aromatic N) is 5. The number of amidine groups is 1. The van der Waals surface area contributed by atoms with Crippen molar-refractivity contribution in [1.29, 1.82) is 16.1 Å². The van der Waals surface area contributed by atoms with Crippen LogP contribution in [0.3, 0.4) is 0 Å². The van der Waals surface area contributed by atoms with Gasteiger partial charge in [0, 0.05) is 37.8 Å². The number of nitriles is 1. The molecule has 0 atom stereocenters. The molecule has 2 aromatic rings. The van der Waals surface area contributed by atoms with Crippen molar-refractivity contribution < 1.29 is 9.50 Å². The van der Waals surface area contributed by atoms with Crippen LogP contribution in [0.4, 0.5) is 10.1 Å². The van der Waals surface area contributed by atoms with Gasteiger partial charge in [0.15, 0.2) is 5.75 Å². The van der Waals surface area contributed by atoms with Crippen LogP contribution < -0.4 is 4.90 Å². The van der Waals surface area contributed by atoms with Crippen LogP contribution >= 0.6 is 0 Å². The van der Waals surface area contributed by atoms with Gasteiger partial charge in [-0.1, -0.05) is 0 Å². The van der Waals surface area contributed by atoms with Gasteiger partial charge in [-0.25, -0.2) is 4.98 Å². The molecule has 9 heteroatoms. The Balaban J connectivity index is 1.94. The van der Waals surface area contributed by atoms with E-state index in [4.69, 9.17) is 10.8 Å². The van der Waals surface area contributed by atoms with Crippen molar-refractivity contribution in [2.75, 3.05) is 25.0 Å². The third kappa shape index (κ3) is 3.62. The quantitative estimate of drug-likeness (QED) is 0.425. The topological polar surface area (TPSA) is 124 Å². The second-order valence-electron chi connectivity index (χ2n) is 6.58. The second kappa shape index (κ2) is 8.00. The molecule has 3 rings (SSSR count). The smallest absolute Gasteiger partial charge is 0.212 e. The van der Waals surface area contributed by atoms with E-state index in [1.165, 1.54) is 29.4 Å². The van der Waals surface area contributed by atoms with Gasteiger partial charge in [-0.2, -0.15) is 9.65 Å². The molecular weight excluding hydrogens is 361 g/mol. The highest BCUT2D eigenvalue weighted by Crippen LogP contribution is 2.38. The summed E-state index contributed by atoms with van der Waals surface area (Å²) >= 11 is 0. The largest absolute Gasteiger partial charge is 0.505 e. The lowest BCUT2D eigenvalue weighted by Crippen LogP contribution is -2.41. The maximum atomic E-state index is 13.2. The van der Waals surface area contributed by atoms with Gasteiger partial charge < -0.3 is 14.9 Å². The third-order valence-corrected chi connectivity index (χ3v) is 4.92. The van der Waals surface area contributed by atoms with Crippen LogP contribution in [-0.4, -0.2) is 52.3 Å². The van der Waals surface area contributed by atoms with Gasteiger partial charge in [0.1, 0.15) is 17.5 Å². The normalized spacial score (nSPS) is 14.4. The number of hydrogen-bond donors (Lipinski definition) is 3.